The first-order valence-electron chi connectivity index (χ1n) is 8.67. The number of amides is 1. The molecule has 6 heteroatoms. The fraction of sp³-hybridized carbons (Fsp3) is 0.0909. The van der Waals surface area contributed by atoms with Crippen LogP contribution in [-0.2, 0) is 11.4 Å². The highest BCUT2D eigenvalue weighted by Crippen LogP contribution is 2.17. The highest BCUT2D eigenvalue weighted by atomic mass is 127. The topological polar surface area (TPSA) is 59.9 Å². The van der Waals surface area contributed by atoms with Crippen molar-refractivity contribution in [3.63, 3.8) is 0 Å². The van der Waals surface area contributed by atoms with Crippen LogP contribution in [0.15, 0.2) is 84.0 Å². The fourth-order valence-electron chi connectivity index (χ4n) is 2.34. The standard InChI is InChI=1S/C22H19IN2O3/c23-19-10-12-20(13-11-19)27-16-22(26)25-24-14-18-8-4-5-9-21(18)28-15-17-6-2-1-3-7-17/h1-14H,15-16H2,(H,25,26)/b24-14+. The molecule has 0 aliphatic heterocycles. The van der Waals surface area contributed by atoms with Crippen LogP contribution in [0.2, 0.25) is 0 Å². The molecule has 0 bridgehead atoms. The quantitative estimate of drug-likeness (QED) is 0.292. The van der Waals surface area contributed by atoms with Crippen LogP contribution in [0.5, 0.6) is 11.5 Å². The molecule has 0 heterocycles. The molecule has 5 nitrogen and oxygen atoms in total. The lowest BCUT2D eigenvalue weighted by atomic mass is 10.2. The van der Waals surface area contributed by atoms with Crippen molar-refractivity contribution < 1.29 is 14.3 Å². The Morgan fingerprint density at radius 3 is 2.43 bits per heavy atom. The van der Waals surface area contributed by atoms with E-state index in [1.54, 1.807) is 6.21 Å². The van der Waals surface area contributed by atoms with Crippen LogP contribution < -0.4 is 14.9 Å². The lowest BCUT2D eigenvalue weighted by Gasteiger charge is -2.09. The van der Waals surface area contributed by atoms with Gasteiger partial charge in [0.15, 0.2) is 6.61 Å². The van der Waals surface area contributed by atoms with Crippen molar-refractivity contribution in [1.29, 1.82) is 0 Å². The maximum Gasteiger partial charge on any atom is 0.277 e. The number of hydrazone groups is 1. The average molecular weight is 486 g/mol. The number of nitrogens with zero attached hydrogens (tertiary/aromatic N) is 1. The zero-order valence-corrected chi connectivity index (χ0v) is 17.2. The second-order valence-corrected chi connectivity index (χ2v) is 7.09. The van der Waals surface area contributed by atoms with Gasteiger partial charge in [0, 0.05) is 9.13 Å². The summed E-state index contributed by atoms with van der Waals surface area (Å²) in [5, 5.41) is 4.00. The molecule has 1 N–H and O–H groups in total. The molecule has 0 saturated carbocycles. The zero-order valence-electron chi connectivity index (χ0n) is 15.0. The lowest BCUT2D eigenvalue weighted by molar-refractivity contribution is -0.123. The first-order valence-corrected chi connectivity index (χ1v) is 9.74. The molecule has 0 spiro atoms. The maximum absolute atomic E-state index is 11.9. The molecule has 0 saturated heterocycles. The molecule has 3 aromatic rings. The van der Waals surface area contributed by atoms with Crippen LogP contribution in [0.3, 0.4) is 0 Å². The van der Waals surface area contributed by atoms with E-state index in [1.807, 2.05) is 78.9 Å². The Balaban J connectivity index is 1.50. The number of halogens is 1. The molecule has 28 heavy (non-hydrogen) atoms. The summed E-state index contributed by atoms with van der Waals surface area (Å²) in [6, 6.07) is 24.9. The summed E-state index contributed by atoms with van der Waals surface area (Å²) in [6.07, 6.45) is 1.56. The number of para-hydroxylation sites is 1. The minimum absolute atomic E-state index is 0.107. The van der Waals surface area contributed by atoms with Gasteiger partial charge in [-0.1, -0.05) is 42.5 Å². The highest BCUT2D eigenvalue weighted by Gasteiger charge is 2.03. The van der Waals surface area contributed by atoms with Crippen LogP contribution in [0.25, 0.3) is 0 Å². The van der Waals surface area contributed by atoms with Crippen molar-refractivity contribution in [2.45, 2.75) is 6.61 Å². The van der Waals surface area contributed by atoms with E-state index >= 15 is 0 Å². The molecule has 3 aromatic carbocycles. The van der Waals surface area contributed by atoms with Crippen LogP contribution >= 0.6 is 22.6 Å². The van der Waals surface area contributed by atoms with Gasteiger partial charge in [0.05, 0.1) is 6.21 Å². The summed E-state index contributed by atoms with van der Waals surface area (Å²) in [5.74, 6) is 0.996. The minimum Gasteiger partial charge on any atom is -0.488 e. The van der Waals surface area contributed by atoms with E-state index in [9.17, 15) is 4.79 Å². The largest absolute Gasteiger partial charge is 0.488 e. The van der Waals surface area contributed by atoms with Gasteiger partial charge in [-0.05, 0) is 64.6 Å². The van der Waals surface area contributed by atoms with E-state index in [2.05, 4.69) is 33.1 Å². The summed E-state index contributed by atoms with van der Waals surface area (Å²) in [6.45, 7) is 0.353. The summed E-state index contributed by atoms with van der Waals surface area (Å²) in [4.78, 5) is 11.9. The van der Waals surface area contributed by atoms with E-state index < -0.39 is 0 Å². The number of carbonyl (C=O) groups excluding carboxylic acids is 1. The summed E-state index contributed by atoms with van der Waals surface area (Å²) in [5.41, 5.74) is 4.32. The van der Waals surface area contributed by atoms with E-state index in [0.717, 1.165) is 14.7 Å². The van der Waals surface area contributed by atoms with Crippen molar-refractivity contribution >= 4 is 34.7 Å². The van der Waals surface area contributed by atoms with Crippen molar-refractivity contribution in [2.75, 3.05) is 6.61 Å². The van der Waals surface area contributed by atoms with E-state index in [-0.39, 0.29) is 12.5 Å². The van der Waals surface area contributed by atoms with Gasteiger partial charge in [-0.25, -0.2) is 5.43 Å². The number of ether oxygens (including phenoxy) is 2. The van der Waals surface area contributed by atoms with Gasteiger partial charge in [-0.2, -0.15) is 5.10 Å². The number of carbonyl (C=O) groups is 1. The average Bonchev–Trinajstić information content (AvgIpc) is 2.73. The zero-order chi connectivity index (χ0) is 19.6. The maximum atomic E-state index is 11.9. The predicted molar refractivity (Wildman–Crippen MR) is 118 cm³/mol. The van der Waals surface area contributed by atoms with Gasteiger partial charge in [-0.3, -0.25) is 4.79 Å². The Bertz CT molecular complexity index is 928. The normalized spacial score (nSPS) is 10.6. The first kappa shape index (κ1) is 19.9. The molecule has 3 rings (SSSR count). The van der Waals surface area contributed by atoms with Crippen molar-refractivity contribution in [1.82, 2.24) is 5.43 Å². The van der Waals surface area contributed by atoms with Crippen molar-refractivity contribution in [3.05, 3.63) is 93.6 Å². The van der Waals surface area contributed by atoms with E-state index in [4.69, 9.17) is 9.47 Å². The molecule has 1 amide bonds. The Morgan fingerprint density at radius 2 is 1.64 bits per heavy atom. The third kappa shape index (κ3) is 6.38. The number of rotatable bonds is 8. The number of hydrogen-bond donors (Lipinski definition) is 1. The minimum atomic E-state index is -0.336. The Kier molecular flexibility index (Phi) is 7.43. The molecule has 0 unspecified atom stereocenters. The van der Waals surface area contributed by atoms with Gasteiger partial charge in [0.2, 0.25) is 0 Å². The number of nitrogens with one attached hydrogen (secondary N) is 1. The third-order valence-corrected chi connectivity index (χ3v) is 4.45. The molecule has 0 aliphatic carbocycles. The number of hydrogen-bond acceptors (Lipinski definition) is 4. The second kappa shape index (κ2) is 10.5. The molecule has 142 valence electrons. The van der Waals surface area contributed by atoms with Crippen LogP contribution in [0, 0.1) is 3.57 Å². The monoisotopic (exact) mass is 486 g/mol. The summed E-state index contributed by atoms with van der Waals surface area (Å²) < 4.78 is 12.4. The van der Waals surface area contributed by atoms with Gasteiger partial charge < -0.3 is 9.47 Å². The predicted octanol–water partition coefficient (Wildman–Crippen LogP) is 4.40. The fourth-order valence-corrected chi connectivity index (χ4v) is 2.70. The van der Waals surface area contributed by atoms with Crippen molar-refractivity contribution in [2.24, 2.45) is 5.10 Å². The molecular weight excluding hydrogens is 467 g/mol. The van der Waals surface area contributed by atoms with Gasteiger partial charge in [0.1, 0.15) is 18.1 Å². The lowest BCUT2D eigenvalue weighted by Crippen LogP contribution is -2.24. The molecular formula is C22H19IN2O3. The molecule has 0 atom stereocenters. The van der Waals surface area contributed by atoms with Gasteiger partial charge in [-0.15, -0.1) is 0 Å². The summed E-state index contributed by atoms with van der Waals surface area (Å²) in [7, 11) is 0. The Labute approximate surface area is 177 Å². The van der Waals surface area contributed by atoms with Gasteiger partial charge in [0.25, 0.3) is 5.91 Å². The van der Waals surface area contributed by atoms with E-state index in [0.29, 0.717) is 18.1 Å². The SMILES string of the molecule is O=C(COc1ccc(I)cc1)N/N=C/c1ccccc1OCc1ccccc1. The Morgan fingerprint density at radius 1 is 0.929 bits per heavy atom. The highest BCUT2D eigenvalue weighted by molar-refractivity contribution is 14.1. The molecule has 0 fully saturated rings. The third-order valence-electron chi connectivity index (χ3n) is 3.73. The van der Waals surface area contributed by atoms with Crippen LogP contribution in [0.4, 0.5) is 0 Å². The first-order chi connectivity index (χ1) is 13.7. The van der Waals surface area contributed by atoms with E-state index in [1.165, 1.54) is 0 Å². The summed E-state index contributed by atoms with van der Waals surface area (Å²) >= 11 is 2.21. The van der Waals surface area contributed by atoms with Crippen molar-refractivity contribution in [3.8, 4) is 11.5 Å². The smallest absolute Gasteiger partial charge is 0.277 e. The molecule has 0 aromatic heterocycles. The second-order valence-electron chi connectivity index (χ2n) is 5.85. The molecule has 0 aliphatic rings. The molecule has 0 radical (unpaired) electrons. The van der Waals surface area contributed by atoms with Crippen LogP contribution in [0.1, 0.15) is 11.1 Å². The number of benzene rings is 3. The van der Waals surface area contributed by atoms with Gasteiger partial charge >= 0.3 is 0 Å². The Hall–Kier alpha value is -2.87. The van der Waals surface area contributed by atoms with Crippen LogP contribution in [-0.4, -0.2) is 18.7 Å².